The molecule has 0 saturated carbocycles. The predicted octanol–water partition coefficient (Wildman–Crippen LogP) is 2.73. The fourth-order valence-electron chi connectivity index (χ4n) is 3.53. The molecular weight excluding hydrogens is 448 g/mol. The number of anilines is 3. The van der Waals surface area contributed by atoms with E-state index >= 15 is 0 Å². The topological polar surface area (TPSA) is 159 Å². The van der Waals surface area contributed by atoms with Gasteiger partial charge in [0.2, 0.25) is 11.9 Å². The molecule has 1 aromatic heterocycles. The maximum atomic E-state index is 11.9. The number of ether oxygens (including phenoxy) is 1. The monoisotopic (exact) mass is 476 g/mol. The van der Waals surface area contributed by atoms with Crippen LogP contribution in [0.4, 0.5) is 17.5 Å². The van der Waals surface area contributed by atoms with Gasteiger partial charge in [0.15, 0.2) is 0 Å². The summed E-state index contributed by atoms with van der Waals surface area (Å²) in [6.07, 6.45) is 8.73. The number of para-hydroxylation sites is 2. The molecule has 1 aliphatic rings. The van der Waals surface area contributed by atoms with Gasteiger partial charge < -0.3 is 31.4 Å². The highest BCUT2D eigenvalue weighted by molar-refractivity contribution is 5.98. The highest BCUT2D eigenvalue weighted by atomic mass is 16.5. The first-order valence-electron chi connectivity index (χ1n) is 10.9. The SMILES string of the molecule is C=CC(=O)N1CCCC(/C=N\C=C(/C=N)Nc2ncc(C(N)=O)c(Nc3ccccc3OC)n2)C1. The minimum Gasteiger partial charge on any atom is -0.495 e. The first kappa shape index (κ1) is 25.1. The highest BCUT2D eigenvalue weighted by Gasteiger charge is 2.20. The van der Waals surface area contributed by atoms with Gasteiger partial charge in [-0.3, -0.25) is 14.6 Å². The van der Waals surface area contributed by atoms with E-state index in [1.54, 1.807) is 23.2 Å². The van der Waals surface area contributed by atoms with Gasteiger partial charge in [0, 0.05) is 37.6 Å². The second-order valence-corrected chi connectivity index (χ2v) is 7.69. The number of methoxy groups -OCH3 is 1. The smallest absolute Gasteiger partial charge is 0.254 e. The van der Waals surface area contributed by atoms with Gasteiger partial charge in [0.1, 0.15) is 17.1 Å². The number of aliphatic imine (C=N–C) groups is 1. The number of benzene rings is 1. The van der Waals surface area contributed by atoms with Crippen molar-refractivity contribution in [3.05, 3.63) is 60.6 Å². The number of aromatic nitrogens is 2. The van der Waals surface area contributed by atoms with Crippen LogP contribution in [0.25, 0.3) is 0 Å². The summed E-state index contributed by atoms with van der Waals surface area (Å²) in [6, 6.07) is 7.16. The molecular formula is C24H28N8O3. The molecule has 5 N–H and O–H groups in total. The van der Waals surface area contributed by atoms with Crippen molar-refractivity contribution in [3.63, 3.8) is 0 Å². The Labute approximate surface area is 203 Å². The van der Waals surface area contributed by atoms with Crippen LogP contribution < -0.4 is 21.1 Å². The number of carbonyl (C=O) groups is 2. The molecule has 1 unspecified atom stereocenters. The van der Waals surface area contributed by atoms with Crippen molar-refractivity contribution >= 4 is 41.7 Å². The number of rotatable bonds is 10. The van der Waals surface area contributed by atoms with Crippen molar-refractivity contribution in [2.45, 2.75) is 12.8 Å². The van der Waals surface area contributed by atoms with Gasteiger partial charge in [0.05, 0.1) is 24.7 Å². The molecule has 1 atom stereocenters. The molecule has 3 rings (SSSR count). The summed E-state index contributed by atoms with van der Waals surface area (Å²) in [4.78, 5) is 38.3. The molecule has 2 heterocycles. The molecule has 1 saturated heterocycles. The molecule has 2 aromatic rings. The Balaban J connectivity index is 1.75. The van der Waals surface area contributed by atoms with Gasteiger partial charge in [0.25, 0.3) is 5.91 Å². The van der Waals surface area contributed by atoms with Crippen LogP contribution in [-0.4, -0.2) is 59.3 Å². The van der Waals surface area contributed by atoms with Crippen molar-refractivity contribution in [3.8, 4) is 5.75 Å². The number of nitrogens with zero attached hydrogens (tertiary/aromatic N) is 4. The molecule has 0 bridgehead atoms. The van der Waals surface area contributed by atoms with Crippen molar-refractivity contribution in [2.24, 2.45) is 16.6 Å². The van der Waals surface area contributed by atoms with Crippen LogP contribution in [0.1, 0.15) is 23.2 Å². The fraction of sp³-hybridized carbons (Fsp3) is 0.250. The second kappa shape index (κ2) is 12.1. The van der Waals surface area contributed by atoms with E-state index in [4.69, 9.17) is 15.9 Å². The number of amides is 2. The van der Waals surface area contributed by atoms with Crippen molar-refractivity contribution in [1.29, 1.82) is 5.41 Å². The van der Waals surface area contributed by atoms with Crippen LogP contribution >= 0.6 is 0 Å². The van der Waals surface area contributed by atoms with Gasteiger partial charge in [-0.1, -0.05) is 18.7 Å². The van der Waals surface area contributed by atoms with Crippen LogP contribution in [0.5, 0.6) is 5.75 Å². The van der Waals surface area contributed by atoms with E-state index in [2.05, 4.69) is 32.2 Å². The number of nitrogens with two attached hydrogens (primary N) is 1. The Morgan fingerprint density at radius 1 is 1.37 bits per heavy atom. The molecule has 1 aromatic carbocycles. The number of hydrogen-bond acceptors (Lipinski definition) is 9. The Hall–Kier alpha value is -4.54. The summed E-state index contributed by atoms with van der Waals surface area (Å²) in [5, 5.41) is 13.6. The lowest BCUT2D eigenvalue weighted by Gasteiger charge is -2.30. The summed E-state index contributed by atoms with van der Waals surface area (Å²) in [5.74, 6) is 0.201. The summed E-state index contributed by atoms with van der Waals surface area (Å²) in [5.41, 5.74) is 6.49. The molecule has 0 radical (unpaired) electrons. The molecule has 0 spiro atoms. The lowest BCUT2D eigenvalue weighted by Crippen LogP contribution is -2.39. The second-order valence-electron chi connectivity index (χ2n) is 7.69. The van der Waals surface area contributed by atoms with Crippen LogP contribution in [0.15, 0.2) is 60.0 Å². The molecule has 35 heavy (non-hydrogen) atoms. The third kappa shape index (κ3) is 6.73. The third-order valence-corrected chi connectivity index (χ3v) is 5.28. The standard InChI is InChI=1S/C24H28N8O3/c1-3-21(33)32-10-6-7-16(15-32)12-27-13-17(11-25)29-24-28-14-18(22(26)34)23(31-24)30-19-8-4-5-9-20(19)35-2/h3-5,8-9,11-14,16,25H,1,6-7,10,15H2,2H3,(H2,26,34)(H2,28,29,30,31)/b17-13+,25-11?,27-12-. The van der Waals surface area contributed by atoms with Crippen molar-refractivity contribution < 1.29 is 14.3 Å². The van der Waals surface area contributed by atoms with Gasteiger partial charge in [-0.05, 0) is 31.1 Å². The van der Waals surface area contributed by atoms with E-state index in [0.717, 1.165) is 19.1 Å². The minimum atomic E-state index is -0.696. The van der Waals surface area contributed by atoms with Gasteiger partial charge in [-0.2, -0.15) is 4.98 Å². The summed E-state index contributed by atoms with van der Waals surface area (Å²) in [6.45, 7) is 4.82. The number of allylic oxidation sites excluding steroid dienone is 1. The zero-order chi connectivity index (χ0) is 25.2. The van der Waals surface area contributed by atoms with Crippen LogP contribution in [0.3, 0.4) is 0 Å². The van der Waals surface area contributed by atoms with Crippen LogP contribution in [-0.2, 0) is 4.79 Å². The molecule has 1 aliphatic heterocycles. The maximum Gasteiger partial charge on any atom is 0.254 e. The molecule has 11 heteroatoms. The number of nitrogens with one attached hydrogen (secondary N) is 3. The van der Waals surface area contributed by atoms with E-state index in [1.165, 1.54) is 25.6 Å². The number of likely N-dealkylation sites (tertiary alicyclic amines) is 1. The largest absolute Gasteiger partial charge is 0.495 e. The molecule has 2 amide bonds. The minimum absolute atomic E-state index is 0.0883. The predicted molar refractivity (Wildman–Crippen MR) is 135 cm³/mol. The number of piperidine rings is 1. The Kier molecular flexibility index (Phi) is 8.65. The number of primary amides is 1. The maximum absolute atomic E-state index is 11.9. The lowest BCUT2D eigenvalue weighted by atomic mass is 9.99. The zero-order valence-corrected chi connectivity index (χ0v) is 19.4. The zero-order valence-electron chi connectivity index (χ0n) is 19.4. The van der Waals surface area contributed by atoms with E-state index in [9.17, 15) is 9.59 Å². The quantitative estimate of drug-likeness (QED) is 0.303. The van der Waals surface area contributed by atoms with E-state index < -0.39 is 5.91 Å². The van der Waals surface area contributed by atoms with E-state index in [0.29, 0.717) is 30.2 Å². The lowest BCUT2D eigenvalue weighted by molar-refractivity contribution is -0.127. The van der Waals surface area contributed by atoms with Crippen LogP contribution in [0, 0.1) is 11.3 Å². The Morgan fingerprint density at radius 3 is 2.89 bits per heavy atom. The molecule has 1 fully saturated rings. The van der Waals surface area contributed by atoms with E-state index in [1.807, 2.05) is 12.1 Å². The first-order valence-corrected chi connectivity index (χ1v) is 10.9. The molecule has 0 aliphatic carbocycles. The highest BCUT2D eigenvalue weighted by Crippen LogP contribution is 2.28. The average molecular weight is 477 g/mol. The van der Waals surface area contributed by atoms with Crippen LogP contribution in [0.2, 0.25) is 0 Å². The average Bonchev–Trinajstić information content (AvgIpc) is 2.88. The Morgan fingerprint density at radius 2 is 2.17 bits per heavy atom. The molecule has 182 valence electrons. The van der Waals surface area contributed by atoms with Crippen molar-refractivity contribution in [2.75, 3.05) is 30.8 Å². The normalized spacial score (nSPS) is 16.0. The summed E-state index contributed by atoms with van der Waals surface area (Å²) in [7, 11) is 1.53. The summed E-state index contributed by atoms with van der Waals surface area (Å²) < 4.78 is 5.33. The number of carbonyl (C=O) groups excluding carboxylic acids is 2. The van der Waals surface area contributed by atoms with Gasteiger partial charge in [-0.25, -0.2) is 4.98 Å². The fourth-order valence-corrected chi connectivity index (χ4v) is 3.53. The van der Waals surface area contributed by atoms with Gasteiger partial charge >= 0.3 is 0 Å². The van der Waals surface area contributed by atoms with Gasteiger partial charge in [-0.15, -0.1) is 0 Å². The van der Waals surface area contributed by atoms with E-state index in [-0.39, 0.29) is 29.2 Å². The van der Waals surface area contributed by atoms with Crippen molar-refractivity contribution in [1.82, 2.24) is 14.9 Å². The molecule has 11 nitrogen and oxygen atoms in total. The first-order chi connectivity index (χ1) is 16.9. The summed E-state index contributed by atoms with van der Waals surface area (Å²) >= 11 is 0. The Bertz CT molecular complexity index is 1160. The third-order valence-electron chi connectivity index (χ3n) is 5.28. The number of hydrogen-bond donors (Lipinski definition) is 4.